The number of carbonyl (C=O) groups excluding carboxylic acids is 3. The van der Waals surface area contributed by atoms with Gasteiger partial charge in [0, 0.05) is 19.3 Å². The van der Waals surface area contributed by atoms with Gasteiger partial charge in [-0.1, -0.05) is 374 Å². The highest BCUT2D eigenvalue weighted by Crippen LogP contribution is 2.19. The summed E-state index contributed by atoms with van der Waals surface area (Å²) >= 11 is 0. The molecule has 0 aromatic carbocycles. The Labute approximate surface area is 476 Å². The lowest BCUT2D eigenvalue weighted by atomic mass is 10.0. The second-order valence-corrected chi connectivity index (χ2v) is 24.2. The van der Waals surface area contributed by atoms with E-state index in [2.05, 4.69) is 20.8 Å². The topological polar surface area (TPSA) is 78.9 Å². The molecule has 0 aliphatic carbocycles. The highest BCUT2D eigenvalue weighted by atomic mass is 16.6. The van der Waals surface area contributed by atoms with E-state index in [1.807, 2.05) is 0 Å². The van der Waals surface area contributed by atoms with Crippen molar-refractivity contribution in [3.8, 4) is 0 Å². The Kier molecular flexibility index (Phi) is 64.5. The molecule has 0 spiro atoms. The van der Waals surface area contributed by atoms with Gasteiger partial charge in [-0.15, -0.1) is 0 Å². The number of unbranched alkanes of at least 4 members (excludes halogenated alkanes) is 55. The van der Waals surface area contributed by atoms with Crippen molar-refractivity contribution in [2.75, 3.05) is 13.2 Å². The first-order valence-electron chi connectivity index (χ1n) is 35.0. The molecule has 0 heterocycles. The summed E-state index contributed by atoms with van der Waals surface area (Å²) in [6.07, 6.45) is 77.1. The molecule has 76 heavy (non-hydrogen) atoms. The summed E-state index contributed by atoms with van der Waals surface area (Å²) in [5.74, 6) is -0.822. The fourth-order valence-electron chi connectivity index (χ4n) is 11.1. The van der Waals surface area contributed by atoms with Crippen molar-refractivity contribution in [2.45, 2.75) is 419 Å². The molecule has 0 fully saturated rings. The number of esters is 3. The number of hydrogen-bond acceptors (Lipinski definition) is 6. The molecule has 1 atom stereocenters. The largest absolute Gasteiger partial charge is 0.462 e. The molecule has 452 valence electrons. The van der Waals surface area contributed by atoms with E-state index < -0.39 is 6.10 Å². The normalized spacial score (nSPS) is 11.9. The van der Waals surface area contributed by atoms with Crippen molar-refractivity contribution < 1.29 is 28.6 Å². The molecule has 0 amide bonds. The van der Waals surface area contributed by atoms with Crippen LogP contribution in [0.4, 0.5) is 0 Å². The van der Waals surface area contributed by atoms with E-state index in [1.165, 1.54) is 315 Å². The van der Waals surface area contributed by atoms with Crippen LogP contribution < -0.4 is 0 Å². The minimum absolute atomic E-state index is 0.0603. The summed E-state index contributed by atoms with van der Waals surface area (Å²) in [6.45, 7) is 6.74. The summed E-state index contributed by atoms with van der Waals surface area (Å²) in [5.41, 5.74) is 0. The molecule has 0 bridgehead atoms. The van der Waals surface area contributed by atoms with Crippen molar-refractivity contribution in [1.29, 1.82) is 0 Å². The summed E-state index contributed by atoms with van der Waals surface area (Å²) in [7, 11) is 0. The van der Waals surface area contributed by atoms with Crippen LogP contribution in [0, 0.1) is 0 Å². The average molecular weight is 1070 g/mol. The number of ether oxygens (including phenoxy) is 3. The van der Waals surface area contributed by atoms with Crippen LogP contribution in [0.25, 0.3) is 0 Å². The van der Waals surface area contributed by atoms with Gasteiger partial charge in [-0.3, -0.25) is 14.4 Å². The Bertz CT molecular complexity index is 1140. The fraction of sp³-hybridized carbons (Fsp3) is 0.957. The summed E-state index contributed by atoms with van der Waals surface area (Å²) < 4.78 is 17.0. The molecule has 6 heteroatoms. The van der Waals surface area contributed by atoms with E-state index in [-0.39, 0.29) is 31.1 Å². The summed E-state index contributed by atoms with van der Waals surface area (Å²) in [5, 5.41) is 0. The zero-order chi connectivity index (χ0) is 55.0. The molecular formula is C70H136O6. The molecule has 0 aromatic heterocycles. The molecule has 0 saturated heterocycles. The van der Waals surface area contributed by atoms with Gasteiger partial charge in [-0.25, -0.2) is 0 Å². The maximum Gasteiger partial charge on any atom is 0.306 e. The van der Waals surface area contributed by atoms with Gasteiger partial charge in [0.05, 0.1) is 0 Å². The van der Waals surface area contributed by atoms with Gasteiger partial charge in [0.15, 0.2) is 6.10 Å². The molecular weight excluding hydrogens is 937 g/mol. The number of rotatable bonds is 66. The van der Waals surface area contributed by atoms with E-state index in [4.69, 9.17) is 14.2 Å². The first-order valence-corrected chi connectivity index (χ1v) is 35.0. The standard InChI is InChI=1S/C70H136O6/c1-4-7-10-13-16-19-22-25-28-30-31-32-33-34-35-36-37-38-39-40-41-43-45-48-51-54-57-60-63-69(72)75-66-67(65-74-68(71)62-59-56-53-50-47-44-27-24-21-18-15-12-9-6-3)76-70(73)64-61-58-55-52-49-46-42-29-26-23-20-17-14-11-8-5-2/h67H,4-66H2,1-3H3. The van der Waals surface area contributed by atoms with Crippen molar-refractivity contribution in [2.24, 2.45) is 0 Å². The summed E-state index contributed by atoms with van der Waals surface area (Å²) in [6, 6.07) is 0. The zero-order valence-electron chi connectivity index (χ0n) is 52.1. The lowest BCUT2D eigenvalue weighted by Gasteiger charge is -2.18. The van der Waals surface area contributed by atoms with Crippen LogP contribution in [0.3, 0.4) is 0 Å². The van der Waals surface area contributed by atoms with Gasteiger partial charge in [0.2, 0.25) is 0 Å². The van der Waals surface area contributed by atoms with E-state index >= 15 is 0 Å². The highest BCUT2D eigenvalue weighted by molar-refractivity contribution is 5.71. The lowest BCUT2D eigenvalue weighted by Crippen LogP contribution is -2.30. The van der Waals surface area contributed by atoms with Crippen LogP contribution in [-0.4, -0.2) is 37.2 Å². The fourth-order valence-corrected chi connectivity index (χ4v) is 11.1. The second kappa shape index (κ2) is 65.9. The third-order valence-corrected chi connectivity index (χ3v) is 16.4. The van der Waals surface area contributed by atoms with Crippen LogP contribution in [0.1, 0.15) is 412 Å². The van der Waals surface area contributed by atoms with Crippen molar-refractivity contribution in [3.63, 3.8) is 0 Å². The minimum Gasteiger partial charge on any atom is -0.462 e. The molecule has 6 nitrogen and oxygen atoms in total. The molecule has 0 radical (unpaired) electrons. The van der Waals surface area contributed by atoms with Crippen molar-refractivity contribution in [3.05, 3.63) is 0 Å². The maximum atomic E-state index is 12.9. The first kappa shape index (κ1) is 74.4. The molecule has 0 rings (SSSR count). The van der Waals surface area contributed by atoms with Gasteiger partial charge in [0.1, 0.15) is 13.2 Å². The van der Waals surface area contributed by atoms with Crippen molar-refractivity contribution >= 4 is 17.9 Å². The van der Waals surface area contributed by atoms with Crippen LogP contribution in [0.15, 0.2) is 0 Å². The molecule has 0 N–H and O–H groups in total. The van der Waals surface area contributed by atoms with E-state index in [1.54, 1.807) is 0 Å². The van der Waals surface area contributed by atoms with Gasteiger partial charge < -0.3 is 14.2 Å². The lowest BCUT2D eigenvalue weighted by molar-refractivity contribution is -0.167. The first-order chi connectivity index (χ1) is 37.5. The molecule has 0 saturated carbocycles. The molecule has 0 aliphatic heterocycles. The van der Waals surface area contributed by atoms with Gasteiger partial charge in [-0.2, -0.15) is 0 Å². The number of hydrogen-bond donors (Lipinski definition) is 0. The Morgan fingerprint density at radius 2 is 0.355 bits per heavy atom. The average Bonchev–Trinajstić information content (AvgIpc) is 3.42. The van der Waals surface area contributed by atoms with Crippen LogP contribution in [0.2, 0.25) is 0 Å². The van der Waals surface area contributed by atoms with E-state index in [0.29, 0.717) is 19.3 Å². The Morgan fingerprint density at radius 1 is 0.211 bits per heavy atom. The van der Waals surface area contributed by atoms with Gasteiger partial charge >= 0.3 is 17.9 Å². The Balaban J connectivity index is 4.14. The van der Waals surface area contributed by atoms with Crippen LogP contribution >= 0.6 is 0 Å². The molecule has 0 aromatic rings. The predicted molar refractivity (Wildman–Crippen MR) is 330 cm³/mol. The predicted octanol–water partition coefficient (Wildman–Crippen LogP) is 23.8. The monoisotopic (exact) mass is 1070 g/mol. The molecule has 1 unspecified atom stereocenters. The van der Waals surface area contributed by atoms with E-state index in [0.717, 1.165) is 57.8 Å². The van der Waals surface area contributed by atoms with E-state index in [9.17, 15) is 14.4 Å². The Morgan fingerprint density at radius 3 is 0.526 bits per heavy atom. The van der Waals surface area contributed by atoms with Crippen molar-refractivity contribution in [1.82, 2.24) is 0 Å². The minimum atomic E-state index is -0.763. The third-order valence-electron chi connectivity index (χ3n) is 16.4. The second-order valence-electron chi connectivity index (χ2n) is 24.2. The maximum absolute atomic E-state index is 12.9. The van der Waals surface area contributed by atoms with Crippen LogP contribution in [0.5, 0.6) is 0 Å². The van der Waals surface area contributed by atoms with Gasteiger partial charge in [-0.05, 0) is 19.3 Å². The third kappa shape index (κ3) is 63.2. The summed E-state index contributed by atoms with van der Waals surface area (Å²) in [4.78, 5) is 38.4. The van der Waals surface area contributed by atoms with Gasteiger partial charge in [0.25, 0.3) is 0 Å². The zero-order valence-corrected chi connectivity index (χ0v) is 52.1. The number of carbonyl (C=O) groups is 3. The Hall–Kier alpha value is -1.59. The molecule has 0 aliphatic rings. The van der Waals surface area contributed by atoms with Crippen LogP contribution in [-0.2, 0) is 28.6 Å². The SMILES string of the molecule is CCCCCCCCCCCCCCCCCCCCCCCCCCCCCCC(=O)OCC(COC(=O)CCCCCCCCCCCCCCCC)OC(=O)CCCCCCCCCCCCCCCCCC. The highest BCUT2D eigenvalue weighted by Gasteiger charge is 2.19. The smallest absolute Gasteiger partial charge is 0.306 e. The quantitative estimate of drug-likeness (QED) is 0.0343.